The van der Waals surface area contributed by atoms with Crippen LogP contribution in [0.1, 0.15) is 36.1 Å². The number of carbonyl (C=O) groups is 1. The van der Waals surface area contributed by atoms with Gasteiger partial charge in [0.2, 0.25) is 0 Å². The Morgan fingerprint density at radius 1 is 1.03 bits per heavy atom. The number of hydrogen-bond donors (Lipinski definition) is 1. The van der Waals surface area contributed by atoms with Crippen molar-refractivity contribution in [3.05, 3.63) is 98.5 Å². The molecule has 168 valence electrons. The van der Waals surface area contributed by atoms with Crippen LogP contribution in [0.4, 0.5) is 5.69 Å². The maximum absolute atomic E-state index is 12.8. The number of anilines is 1. The molecule has 3 aromatic carbocycles. The van der Waals surface area contributed by atoms with Crippen LogP contribution in [0.5, 0.6) is 5.75 Å². The highest BCUT2D eigenvalue weighted by Crippen LogP contribution is 2.33. The van der Waals surface area contributed by atoms with E-state index in [0.717, 1.165) is 23.1 Å². The van der Waals surface area contributed by atoms with Crippen LogP contribution in [-0.2, 0) is 17.6 Å². The van der Waals surface area contributed by atoms with E-state index in [1.54, 1.807) is 12.1 Å². The Balaban J connectivity index is 1.93. The Morgan fingerprint density at radius 2 is 1.73 bits per heavy atom. The maximum Gasteiger partial charge on any atom is 0.266 e. The molecule has 0 bridgehead atoms. The van der Waals surface area contributed by atoms with E-state index in [1.165, 1.54) is 6.08 Å². The van der Waals surface area contributed by atoms with Crippen molar-refractivity contribution in [1.82, 2.24) is 0 Å². The first-order valence-corrected chi connectivity index (χ1v) is 11.4. The molecule has 0 aliphatic carbocycles. The summed E-state index contributed by atoms with van der Waals surface area (Å²) in [5.41, 5.74) is 3.98. The second kappa shape index (κ2) is 11.6. The van der Waals surface area contributed by atoms with Gasteiger partial charge in [-0.15, -0.1) is 0 Å². The van der Waals surface area contributed by atoms with E-state index in [2.05, 4.69) is 5.32 Å². The average Bonchev–Trinajstić information content (AvgIpc) is 2.81. The fraction of sp³-hybridized carbons (Fsp3) is 0.185. The zero-order valence-corrected chi connectivity index (χ0v) is 20.0. The molecule has 6 heteroatoms. The molecule has 1 amide bonds. The van der Waals surface area contributed by atoms with Crippen LogP contribution >= 0.6 is 23.2 Å². The second-order valence-electron chi connectivity index (χ2n) is 7.32. The number of aryl methyl sites for hydroxylation is 1. The summed E-state index contributed by atoms with van der Waals surface area (Å²) in [6.45, 7) is 4.33. The minimum Gasteiger partial charge on any atom is -0.494 e. The molecule has 0 radical (unpaired) electrons. The quantitative estimate of drug-likeness (QED) is 0.277. The molecule has 0 heterocycles. The molecular formula is C27H24Cl2N2O2. The topological polar surface area (TPSA) is 62.1 Å². The van der Waals surface area contributed by atoms with Crippen LogP contribution in [0.25, 0.3) is 6.08 Å². The number of para-hydroxylation sites is 1. The van der Waals surface area contributed by atoms with E-state index in [1.807, 2.05) is 68.4 Å². The van der Waals surface area contributed by atoms with Gasteiger partial charge in [0.15, 0.2) is 0 Å². The Hall–Kier alpha value is -3.26. The first kappa shape index (κ1) is 24.4. The van der Waals surface area contributed by atoms with Crippen molar-refractivity contribution < 1.29 is 9.53 Å². The van der Waals surface area contributed by atoms with Crippen molar-refractivity contribution in [2.45, 2.75) is 26.7 Å². The van der Waals surface area contributed by atoms with Gasteiger partial charge in [-0.2, -0.15) is 5.26 Å². The third kappa shape index (κ3) is 6.16. The van der Waals surface area contributed by atoms with Gasteiger partial charge in [-0.25, -0.2) is 0 Å². The number of ether oxygens (including phenoxy) is 1. The predicted molar refractivity (Wildman–Crippen MR) is 135 cm³/mol. The van der Waals surface area contributed by atoms with E-state index in [0.29, 0.717) is 40.1 Å². The lowest BCUT2D eigenvalue weighted by Crippen LogP contribution is -2.14. The van der Waals surface area contributed by atoms with Crippen molar-refractivity contribution in [3.8, 4) is 11.8 Å². The summed E-state index contributed by atoms with van der Waals surface area (Å²) in [6.07, 6.45) is 2.77. The molecule has 0 aromatic heterocycles. The third-order valence-corrected chi connectivity index (χ3v) is 5.83. The number of benzene rings is 3. The molecule has 0 fully saturated rings. The van der Waals surface area contributed by atoms with Gasteiger partial charge < -0.3 is 10.1 Å². The van der Waals surface area contributed by atoms with Crippen molar-refractivity contribution in [2.24, 2.45) is 0 Å². The third-order valence-electron chi connectivity index (χ3n) is 5.12. The maximum atomic E-state index is 12.8. The van der Waals surface area contributed by atoms with Crippen molar-refractivity contribution in [2.75, 3.05) is 11.9 Å². The number of nitrogens with zero attached hydrogens (tertiary/aromatic N) is 1. The molecule has 0 saturated heterocycles. The van der Waals surface area contributed by atoms with Gasteiger partial charge in [-0.3, -0.25) is 4.79 Å². The van der Waals surface area contributed by atoms with Crippen LogP contribution < -0.4 is 10.1 Å². The average molecular weight is 479 g/mol. The van der Waals surface area contributed by atoms with Gasteiger partial charge in [-0.05, 0) is 60.4 Å². The van der Waals surface area contributed by atoms with E-state index >= 15 is 0 Å². The fourth-order valence-electron chi connectivity index (χ4n) is 3.46. The summed E-state index contributed by atoms with van der Waals surface area (Å²) in [6, 6.07) is 20.6. The van der Waals surface area contributed by atoms with Gasteiger partial charge in [0.05, 0.1) is 6.61 Å². The monoisotopic (exact) mass is 478 g/mol. The molecule has 0 atom stereocenters. The normalized spacial score (nSPS) is 11.1. The molecular weight excluding hydrogens is 455 g/mol. The van der Waals surface area contributed by atoms with Crippen LogP contribution in [-0.4, -0.2) is 12.5 Å². The lowest BCUT2D eigenvalue weighted by atomic mass is 10.0. The molecule has 0 aliphatic heterocycles. The number of nitriles is 1. The second-order valence-corrected chi connectivity index (χ2v) is 8.13. The minimum atomic E-state index is -0.479. The standard InChI is InChI=1S/C27H24Cl2N2O2/c1-3-19-9-6-8-12-25(19)31-27(32)21(17-30)13-18-14-24(29)22(26(15-18)33-4-2)16-20-10-5-7-11-23(20)28/h5-15H,3-4,16H2,1-2H3,(H,31,32)/b21-13+. The van der Waals surface area contributed by atoms with Crippen LogP contribution in [0.3, 0.4) is 0 Å². The number of halogens is 2. The predicted octanol–water partition coefficient (Wildman–Crippen LogP) is 7.09. The van der Waals surface area contributed by atoms with Gasteiger partial charge in [-0.1, -0.05) is 66.5 Å². The lowest BCUT2D eigenvalue weighted by Gasteiger charge is -2.14. The Morgan fingerprint density at radius 3 is 2.39 bits per heavy atom. The molecule has 0 unspecified atom stereocenters. The SMILES string of the molecule is CCOc1cc(/C=C(\C#N)C(=O)Nc2ccccc2CC)cc(Cl)c1Cc1ccccc1Cl. The summed E-state index contributed by atoms with van der Waals surface area (Å²) in [5.74, 6) is 0.109. The first-order chi connectivity index (χ1) is 16.0. The van der Waals surface area contributed by atoms with Crippen LogP contribution in [0.15, 0.2) is 66.2 Å². The number of rotatable bonds is 8. The summed E-state index contributed by atoms with van der Waals surface area (Å²) < 4.78 is 5.83. The Kier molecular flexibility index (Phi) is 8.54. The zero-order chi connectivity index (χ0) is 23.8. The first-order valence-electron chi connectivity index (χ1n) is 10.7. The van der Waals surface area contributed by atoms with Crippen LogP contribution in [0.2, 0.25) is 10.0 Å². The lowest BCUT2D eigenvalue weighted by molar-refractivity contribution is -0.112. The van der Waals surface area contributed by atoms with Gasteiger partial charge in [0.25, 0.3) is 5.91 Å². The van der Waals surface area contributed by atoms with E-state index in [-0.39, 0.29) is 5.57 Å². The van der Waals surface area contributed by atoms with Crippen molar-refractivity contribution in [1.29, 1.82) is 5.26 Å². The Labute approximate surface area is 204 Å². The largest absolute Gasteiger partial charge is 0.494 e. The smallest absolute Gasteiger partial charge is 0.266 e. The molecule has 33 heavy (non-hydrogen) atoms. The summed E-state index contributed by atoms with van der Waals surface area (Å²) in [5, 5.41) is 13.6. The molecule has 3 rings (SSSR count). The van der Waals surface area contributed by atoms with Crippen molar-refractivity contribution >= 4 is 40.9 Å². The van der Waals surface area contributed by atoms with Crippen LogP contribution in [0, 0.1) is 11.3 Å². The Bertz CT molecular complexity index is 1230. The van der Waals surface area contributed by atoms with Gasteiger partial charge >= 0.3 is 0 Å². The molecule has 0 saturated carbocycles. The van der Waals surface area contributed by atoms with E-state index in [9.17, 15) is 10.1 Å². The highest BCUT2D eigenvalue weighted by atomic mass is 35.5. The molecule has 4 nitrogen and oxygen atoms in total. The fourth-order valence-corrected chi connectivity index (χ4v) is 3.95. The summed E-state index contributed by atoms with van der Waals surface area (Å²) in [7, 11) is 0. The molecule has 1 N–H and O–H groups in total. The van der Waals surface area contributed by atoms with Crippen molar-refractivity contribution in [3.63, 3.8) is 0 Å². The van der Waals surface area contributed by atoms with E-state index < -0.39 is 5.91 Å². The molecule has 0 spiro atoms. The number of hydrogen-bond acceptors (Lipinski definition) is 3. The van der Waals surface area contributed by atoms with E-state index in [4.69, 9.17) is 27.9 Å². The number of carbonyl (C=O) groups excluding carboxylic acids is 1. The van der Waals surface area contributed by atoms with Gasteiger partial charge in [0.1, 0.15) is 17.4 Å². The summed E-state index contributed by atoms with van der Waals surface area (Å²) >= 11 is 12.9. The number of nitrogens with one attached hydrogen (secondary N) is 1. The number of amides is 1. The summed E-state index contributed by atoms with van der Waals surface area (Å²) in [4.78, 5) is 12.8. The molecule has 3 aromatic rings. The highest BCUT2D eigenvalue weighted by Gasteiger charge is 2.15. The molecule has 0 aliphatic rings. The minimum absolute atomic E-state index is 0.0294. The highest BCUT2D eigenvalue weighted by molar-refractivity contribution is 6.32. The van der Waals surface area contributed by atoms with Gasteiger partial charge in [0, 0.05) is 27.7 Å². The zero-order valence-electron chi connectivity index (χ0n) is 18.5.